The van der Waals surface area contributed by atoms with Gasteiger partial charge in [0.1, 0.15) is 0 Å². The SMILES string of the molecule is NC/C=C/c1ccccc1N1CCCC1. The molecule has 2 rings (SSSR count). The molecule has 80 valence electrons. The minimum Gasteiger partial charge on any atom is -0.371 e. The Hall–Kier alpha value is -1.28. The van der Waals surface area contributed by atoms with Gasteiger partial charge in [-0.05, 0) is 24.5 Å². The van der Waals surface area contributed by atoms with Crippen molar-refractivity contribution in [2.24, 2.45) is 5.73 Å². The highest BCUT2D eigenvalue weighted by molar-refractivity contribution is 5.68. The Morgan fingerprint density at radius 3 is 2.67 bits per heavy atom. The summed E-state index contributed by atoms with van der Waals surface area (Å²) in [6, 6.07) is 8.53. The van der Waals surface area contributed by atoms with Crippen LogP contribution < -0.4 is 10.6 Å². The van der Waals surface area contributed by atoms with Gasteiger partial charge in [-0.25, -0.2) is 0 Å². The lowest BCUT2D eigenvalue weighted by Crippen LogP contribution is -2.18. The van der Waals surface area contributed by atoms with E-state index in [4.69, 9.17) is 5.73 Å². The highest BCUT2D eigenvalue weighted by Crippen LogP contribution is 2.25. The van der Waals surface area contributed by atoms with Gasteiger partial charge in [-0.3, -0.25) is 0 Å². The highest BCUT2D eigenvalue weighted by atomic mass is 15.1. The number of rotatable bonds is 3. The number of hydrogen-bond donors (Lipinski definition) is 1. The number of nitrogens with two attached hydrogens (primary N) is 1. The van der Waals surface area contributed by atoms with Crippen molar-refractivity contribution in [3.63, 3.8) is 0 Å². The fourth-order valence-corrected chi connectivity index (χ4v) is 2.07. The first-order valence-corrected chi connectivity index (χ1v) is 5.62. The van der Waals surface area contributed by atoms with Crippen molar-refractivity contribution in [2.45, 2.75) is 12.8 Å². The topological polar surface area (TPSA) is 29.3 Å². The van der Waals surface area contributed by atoms with Crippen LogP contribution in [0.5, 0.6) is 0 Å². The van der Waals surface area contributed by atoms with Crippen LogP contribution in [0.2, 0.25) is 0 Å². The molecule has 0 amide bonds. The summed E-state index contributed by atoms with van der Waals surface area (Å²) in [5, 5.41) is 0. The number of benzene rings is 1. The first-order chi connectivity index (χ1) is 7.42. The normalized spacial score (nSPS) is 16.5. The van der Waals surface area contributed by atoms with Crippen molar-refractivity contribution in [3.8, 4) is 0 Å². The Labute approximate surface area is 91.4 Å². The zero-order valence-corrected chi connectivity index (χ0v) is 9.02. The van der Waals surface area contributed by atoms with Crippen molar-refractivity contribution in [1.82, 2.24) is 0 Å². The van der Waals surface area contributed by atoms with E-state index in [2.05, 4.69) is 35.2 Å². The molecule has 2 N–H and O–H groups in total. The first kappa shape index (κ1) is 10.2. The van der Waals surface area contributed by atoms with Crippen LogP contribution in [0.3, 0.4) is 0 Å². The van der Waals surface area contributed by atoms with Crippen LogP contribution >= 0.6 is 0 Å². The predicted molar refractivity (Wildman–Crippen MR) is 66.0 cm³/mol. The molecule has 2 nitrogen and oxygen atoms in total. The summed E-state index contributed by atoms with van der Waals surface area (Å²) in [6.07, 6.45) is 6.76. The molecular weight excluding hydrogens is 184 g/mol. The summed E-state index contributed by atoms with van der Waals surface area (Å²) in [5.41, 5.74) is 8.11. The molecule has 0 radical (unpaired) electrons. The van der Waals surface area contributed by atoms with Crippen LogP contribution in [0.4, 0.5) is 5.69 Å². The molecule has 1 aliphatic heterocycles. The third-order valence-corrected chi connectivity index (χ3v) is 2.82. The maximum Gasteiger partial charge on any atom is 0.0439 e. The quantitative estimate of drug-likeness (QED) is 0.814. The lowest BCUT2D eigenvalue weighted by molar-refractivity contribution is 0.949. The molecule has 0 saturated carbocycles. The molecule has 0 unspecified atom stereocenters. The Balaban J connectivity index is 2.24. The average molecular weight is 202 g/mol. The van der Waals surface area contributed by atoms with E-state index in [1.807, 2.05) is 6.08 Å². The molecule has 0 atom stereocenters. The third-order valence-electron chi connectivity index (χ3n) is 2.82. The Morgan fingerprint density at radius 2 is 1.93 bits per heavy atom. The second kappa shape index (κ2) is 4.99. The van der Waals surface area contributed by atoms with Gasteiger partial charge in [0.05, 0.1) is 0 Å². The van der Waals surface area contributed by atoms with Crippen LogP contribution in [0.15, 0.2) is 30.3 Å². The largest absolute Gasteiger partial charge is 0.371 e. The molecule has 1 fully saturated rings. The van der Waals surface area contributed by atoms with Crippen LogP contribution in [-0.4, -0.2) is 19.6 Å². The Morgan fingerprint density at radius 1 is 1.20 bits per heavy atom. The molecule has 1 heterocycles. The van der Waals surface area contributed by atoms with Crippen molar-refractivity contribution in [2.75, 3.05) is 24.5 Å². The van der Waals surface area contributed by atoms with E-state index in [0.29, 0.717) is 6.54 Å². The van der Waals surface area contributed by atoms with E-state index >= 15 is 0 Å². The van der Waals surface area contributed by atoms with Gasteiger partial charge in [0.2, 0.25) is 0 Å². The first-order valence-electron chi connectivity index (χ1n) is 5.62. The molecular formula is C13H18N2. The van der Waals surface area contributed by atoms with Gasteiger partial charge >= 0.3 is 0 Å². The molecule has 0 bridgehead atoms. The van der Waals surface area contributed by atoms with Gasteiger partial charge in [0, 0.05) is 25.3 Å². The standard InChI is InChI=1S/C13H18N2/c14-9-5-7-12-6-1-2-8-13(12)15-10-3-4-11-15/h1-2,5-8H,3-4,9-11,14H2/b7-5+. The molecule has 1 saturated heterocycles. The summed E-state index contributed by atoms with van der Waals surface area (Å²) in [6.45, 7) is 2.98. The lowest BCUT2D eigenvalue weighted by Gasteiger charge is -2.19. The van der Waals surface area contributed by atoms with Gasteiger partial charge in [-0.1, -0.05) is 30.4 Å². The Kier molecular flexibility index (Phi) is 3.41. The van der Waals surface area contributed by atoms with Gasteiger partial charge in [0.25, 0.3) is 0 Å². The third kappa shape index (κ3) is 2.39. The van der Waals surface area contributed by atoms with E-state index < -0.39 is 0 Å². The van der Waals surface area contributed by atoms with Crippen molar-refractivity contribution < 1.29 is 0 Å². The molecule has 15 heavy (non-hydrogen) atoms. The summed E-state index contributed by atoms with van der Waals surface area (Å²) < 4.78 is 0. The molecule has 1 aliphatic rings. The zero-order chi connectivity index (χ0) is 10.5. The smallest absolute Gasteiger partial charge is 0.0439 e. The second-order valence-corrected chi connectivity index (χ2v) is 3.89. The van der Waals surface area contributed by atoms with Crippen LogP contribution in [0.1, 0.15) is 18.4 Å². The summed E-state index contributed by atoms with van der Waals surface area (Å²) in [5.74, 6) is 0. The molecule has 2 heteroatoms. The fraction of sp³-hybridized carbons (Fsp3) is 0.385. The van der Waals surface area contributed by atoms with Gasteiger partial charge in [-0.15, -0.1) is 0 Å². The van der Waals surface area contributed by atoms with E-state index in [0.717, 1.165) is 0 Å². The second-order valence-electron chi connectivity index (χ2n) is 3.89. The van der Waals surface area contributed by atoms with E-state index in [1.54, 1.807) is 0 Å². The highest BCUT2D eigenvalue weighted by Gasteiger charge is 2.13. The maximum absolute atomic E-state index is 5.48. The van der Waals surface area contributed by atoms with Crippen LogP contribution in [0, 0.1) is 0 Å². The predicted octanol–water partition coefficient (Wildman–Crippen LogP) is 2.26. The van der Waals surface area contributed by atoms with Crippen molar-refractivity contribution in [3.05, 3.63) is 35.9 Å². The maximum atomic E-state index is 5.48. The van der Waals surface area contributed by atoms with E-state index in [1.165, 1.54) is 37.2 Å². The molecule has 1 aromatic rings. The minimum atomic E-state index is 0.605. The summed E-state index contributed by atoms with van der Waals surface area (Å²) in [4.78, 5) is 2.45. The van der Waals surface area contributed by atoms with Crippen LogP contribution in [-0.2, 0) is 0 Å². The Bertz CT molecular complexity index is 338. The van der Waals surface area contributed by atoms with Gasteiger partial charge in [-0.2, -0.15) is 0 Å². The van der Waals surface area contributed by atoms with Gasteiger partial charge in [0.15, 0.2) is 0 Å². The lowest BCUT2D eigenvalue weighted by atomic mass is 10.1. The van der Waals surface area contributed by atoms with Crippen LogP contribution in [0.25, 0.3) is 6.08 Å². The van der Waals surface area contributed by atoms with E-state index in [9.17, 15) is 0 Å². The average Bonchev–Trinajstić information content (AvgIpc) is 2.80. The van der Waals surface area contributed by atoms with E-state index in [-0.39, 0.29) is 0 Å². The molecule has 0 aromatic heterocycles. The number of nitrogens with zero attached hydrogens (tertiary/aromatic N) is 1. The molecule has 0 aliphatic carbocycles. The number of para-hydroxylation sites is 1. The monoisotopic (exact) mass is 202 g/mol. The fourth-order valence-electron chi connectivity index (χ4n) is 2.07. The molecule has 1 aromatic carbocycles. The van der Waals surface area contributed by atoms with Gasteiger partial charge < -0.3 is 10.6 Å². The minimum absolute atomic E-state index is 0.605. The van der Waals surface area contributed by atoms with Crippen molar-refractivity contribution >= 4 is 11.8 Å². The summed E-state index contributed by atoms with van der Waals surface area (Å²) >= 11 is 0. The number of anilines is 1. The zero-order valence-electron chi connectivity index (χ0n) is 9.02. The number of hydrogen-bond acceptors (Lipinski definition) is 2. The summed E-state index contributed by atoms with van der Waals surface area (Å²) in [7, 11) is 0. The molecule has 0 spiro atoms. The van der Waals surface area contributed by atoms with Crippen molar-refractivity contribution in [1.29, 1.82) is 0 Å².